The summed E-state index contributed by atoms with van der Waals surface area (Å²) in [4.78, 5) is 12.9. The number of aromatic nitrogens is 4. The van der Waals surface area contributed by atoms with E-state index in [-0.39, 0.29) is 10.7 Å². The number of carbonyl (C=O) groups is 1. The fourth-order valence-electron chi connectivity index (χ4n) is 2.39. The molecule has 3 aromatic rings. The van der Waals surface area contributed by atoms with Crippen LogP contribution in [0.2, 0.25) is 5.02 Å². The molecule has 0 aliphatic rings. The second-order valence-electron chi connectivity index (χ2n) is 5.67. The zero-order valence-corrected chi connectivity index (χ0v) is 15.9. The zero-order valence-electron chi connectivity index (χ0n) is 14.3. The Morgan fingerprint density at radius 1 is 1.21 bits per heavy atom. The second kappa shape index (κ2) is 8.19. The van der Waals surface area contributed by atoms with Gasteiger partial charge in [0.1, 0.15) is 5.25 Å². The molecular formula is C17H13ClF3N5OS. The van der Waals surface area contributed by atoms with Gasteiger partial charge in [-0.2, -0.15) is 13.2 Å². The van der Waals surface area contributed by atoms with E-state index in [9.17, 15) is 18.0 Å². The van der Waals surface area contributed by atoms with Crippen LogP contribution in [0, 0.1) is 0 Å². The summed E-state index contributed by atoms with van der Waals surface area (Å²) in [7, 11) is 1.60. The van der Waals surface area contributed by atoms with E-state index in [0.717, 1.165) is 23.9 Å². The van der Waals surface area contributed by atoms with Crippen LogP contribution in [0.3, 0.4) is 0 Å². The Balaban J connectivity index is 1.94. The highest BCUT2D eigenvalue weighted by atomic mass is 35.5. The molecule has 1 heterocycles. The van der Waals surface area contributed by atoms with Gasteiger partial charge in [0, 0.05) is 12.1 Å². The van der Waals surface area contributed by atoms with E-state index in [1.165, 1.54) is 10.7 Å². The quantitative estimate of drug-likeness (QED) is 0.613. The highest BCUT2D eigenvalue weighted by molar-refractivity contribution is 8.00. The van der Waals surface area contributed by atoms with Crippen LogP contribution >= 0.6 is 23.4 Å². The zero-order chi connectivity index (χ0) is 20.3. The van der Waals surface area contributed by atoms with Gasteiger partial charge in [-0.25, -0.2) is 4.68 Å². The number of anilines is 1. The molecule has 0 aliphatic carbocycles. The number of hydrogen-bond acceptors (Lipinski definition) is 5. The minimum absolute atomic E-state index is 0.0792. The Labute approximate surface area is 167 Å². The Hall–Kier alpha value is -2.59. The van der Waals surface area contributed by atoms with Crippen LogP contribution < -0.4 is 5.32 Å². The third-order valence-corrected chi connectivity index (χ3v) is 5.20. The number of nitrogens with zero attached hydrogens (tertiary/aromatic N) is 4. The lowest BCUT2D eigenvalue weighted by Gasteiger charge is -2.19. The summed E-state index contributed by atoms with van der Waals surface area (Å²) in [6, 6.07) is 11.8. The largest absolute Gasteiger partial charge is 0.418 e. The van der Waals surface area contributed by atoms with E-state index in [0.29, 0.717) is 10.7 Å². The number of thioether (sulfide) groups is 1. The highest BCUT2D eigenvalue weighted by Crippen LogP contribution is 2.39. The first-order valence-electron chi connectivity index (χ1n) is 7.87. The molecule has 11 heteroatoms. The molecular weight excluding hydrogens is 415 g/mol. The van der Waals surface area contributed by atoms with Crippen molar-refractivity contribution in [3.8, 4) is 0 Å². The van der Waals surface area contributed by atoms with E-state index in [1.54, 1.807) is 37.4 Å². The Bertz CT molecular complexity index is 980. The number of tetrazole rings is 1. The van der Waals surface area contributed by atoms with Gasteiger partial charge in [0.15, 0.2) is 0 Å². The molecule has 0 aliphatic heterocycles. The number of benzene rings is 2. The third kappa shape index (κ3) is 4.63. The summed E-state index contributed by atoms with van der Waals surface area (Å²) in [5, 5.41) is 12.8. The monoisotopic (exact) mass is 427 g/mol. The smallest absolute Gasteiger partial charge is 0.324 e. The SMILES string of the molecule is Cn1nnnc1S[C@@H](C(=O)Nc1ccc(Cl)cc1C(F)(F)F)c1ccccc1. The topological polar surface area (TPSA) is 72.7 Å². The molecule has 0 spiro atoms. The highest BCUT2D eigenvalue weighted by Gasteiger charge is 2.35. The van der Waals surface area contributed by atoms with Crippen molar-refractivity contribution in [1.29, 1.82) is 0 Å². The molecule has 0 saturated carbocycles. The van der Waals surface area contributed by atoms with Crippen LogP contribution in [-0.2, 0) is 18.0 Å². The van der Waals surface area contributed by atoms with Gasteiger partial charge >= 0.3 is 6.18 Å². The van der Waals surface area contributed by atoms with Gasteiger partial charge in [0.05, 0.1) is 11.3 Å². The minimum atomic E-state index is -4.67. The average Bonchev–Trinajstić information content (AvgIpc) is 3.05. The molecule has 3 rings (SSSR count). The van der Waals surface area contributed by atoms with Gasteiger partial charge in [0.2, 0.25) is 11.1 Å². The van der Waals surface area contributed by atoms with Crippen LogP contribution in [-0.4, -0.2) is 26.1 Å². The lowest BCUT2D eigenvalue weighted by atomic mass is 10.1. The Morgan fingerprint density at radius 3 is 2.54 bits per heavy atom. The Morgan fingerprint density at radius 2 is 1.93 bits per heavy atom. The van der Waals surface area contributed by atoms with Gasteiger partial charge < -0.3 is 5.32 Å². The van der Waals surface area contributed by atoms with Crippen molar-refractivity contribution in [2.45, 2.75) is 16.6 Å². The number of halogens is 4. The summed E-state index contributed by atoms with van der Waals surface area (Å²) in [6.07, 6.45) is -4.67. The molecule has 1 N–H and O–H groups in total. The van der Waals surface area contributed by atoms with Crippen LogP contribution in [0.15, 0.2) is 53.7 Å². The van der Waals surface area contributed by atoms with Crippen LogP contribution in [0.5, 0.6) is 0 Å². The molecule has 0 radical (unpaired) electrons. The van der Waals surface area contributed by atoms with Crippen molar-refractivity contribution in [3.63, 3.8) is 0 Å². The standard InChI is InChI=1S/C17H13ClF3N5OS/c1-26-16(23-24-25-26)28-14(10-5-3-2-4-6-10)15(27)22-13-8-7-11(18)9-12(13)17(19,20)21/h2-9,14H,1H3,(H,22,27)/t14-/m1/s1. The average molecular weight is 428 g/mol. The molecule has 1 amide bonds. The lowest BCUT2D eigenvalue weighted by molar-refractivity contribution is -0.137. The van der Waals surface area contributed by atoms with Gasteiger partial charge in [0.25, 0.3) is 0 Å². The lowest BCUT2D eigenvalue weighted by Crippen LogP contribution is -2.22. The van der Waals surface area contributed by atoms with E-state index >= 15 is 0 Å². The van der Waals surface area contributed by atoms with Crippen LogP contribution in [0.1, 0.15) is 16.4 Å². The first-order valence-corrected chi connectivity index (χ1v) is 9.13. The molecule has 1 aromatic heterocycles. The van der Waals surface area contributed by atoms with Crippen LogP contribution in [0.25, 0.3) is 0 Å². The Kier molecular flexibility index (Phi) is 5.90. The van der Waals surface area contributed by atoms with Crippen LogP contribution in [0.4, 0.5) is 18.9 Å². The van der Waals surface area contributed by atoms with Gasteiger partial charge in [-0.05, 0) is 34.2 Å². The van der Waals surface area contributed by atoms with Gasteiger partial charge in [-0.1, -0.05) is 53.7 Å². The summed E-state index contributed by atoms with van der Waals surface area (Å²) < 4.78 is 41.3. The predicted molar refractivity (Wildman–Crippen MR) is 98.9 cm³/mol. The normalized spacial score (nSPS) is 12.6. The summed E-state index contributed by atoms with van der Waals surface area (Å²) in [6.45, 7) is 0. The maximum Gasteiger partial charge on any atom is 0.418 e. The van der Waals surface area contributed by atoms with Crippen molar-refractivity contribution >= 4 is 35.0 Å². The second-order valence-corrected chi connectivity index (χ2v) is 7.18. The molecule has 28 heavy (non-hydrogen) atoms. The fourth-order valence-corrected chi connectivity index (χ4v) is 3.50. The first kappa shape index (κ1) is 20.2. The number of amides is 1. The number of nitrogens with one attached hydrogen (secondary N) is 1. The molecule has 146 valence electrons. The van der Waals surface area contributed by atoms with Crippen molar-refractivity contribution in [2.24, 2.45) is 7.05 Å². The summed E-state index contributed by atoms with van der Waals surface area (Å²) in [5.41, 5.74) is -0.805. The van der Waals surface area contributed by atoms with E-state index < -0.39 is 22.9 Å². The predicted octanol–water partition coefficient (Wildman–Crippen LogP) is 4.35. The molecule has 6 nitrogen and oxygen atoms in total. The molecule has 0 fully saturated rings. The molecule has 0 unspecified atom stereocenters. The number of alkyl halides is 3. The third-order valence-electron chi connectivity index (χ3n) is 3.69. The molecule has 1 atom stereocenters. The van der Waals surface area contributed by atoms with Gasteiger partial charge in [-0.15, -0.1) is 5.10 Å². The first-order chi connectivity index (χ1) is 13.3. The van der Waals surface area contributed by atoms with Crippen molar-refractivity contribution in [2.75, 3.05) is 5.32 Å². The fraction of sp³-hybridized carbons (Fsp3) is 0.176. The molecule has 2 aromatic carbocycles. The van der Waals surface area contributed by atoms with Crippen molar-refractivity contribution in [3.05, 3.63) is 64.7 Å². The summed E-state index contributed by atoms with van der Waals surface area (Å²) >= 11 is 6.71. The number of hydrogen-bond donors (Lipinski definition) is 1. The maximum atomic E-state index is 13.3. The van der Waals surface area contributed by atoms with Gasteiger partial charge in [-0.3, -0.25) is 4.79 Å². The minimum Gasteiger partial charge on any atom is -0.324 e. The van der Waals surface area contributed by atoms with E-state index in [1.807, 2.05) is 0 Å². The van der Waals surface area contributed by atoms with E-state index in [4.69, 9.17) is 11.6 Å². The maximum absolute atomic E-state index is 13.3. The molecule has 0 bridgehead atoms. The number of rotatable bonds is 5. The number of aryl methyl sites for hydroxylation is 1. The molecule has 0 saturated heterocycles. The van der Waals surface area contributed by atoms with E-state index in [2.05, 4.69) is 20.8 Å². The van der Waals surface area contributed by atoms with Crippen molar-refractivity contribution in [1.82, 2.24) is 20.2 Å². The summed E-state index contributed by atoms with van der Waals surface area (Å²) in [5.74, 6) is -0.646. The number of carbonyl (C=O) groups excluding carboxylic acids is 1. The van der Waals surface area contributed by atoms with Crippen molar-refractivity contribution < 1.29 is 18.0 Å².